The predicted octanol–water partition coefficient (Wildman–Crippen LogP) is 2.14. The third kappa shape index (κ3) is 4.58. The molecule has 1 aromatic carbocycles. The molecule has 0 unspecified atom stereocenters. The van der Waals surface area contributed by atoms with Crippen molar-refractivity contribution in [2.45, 2.75) is 13.0 Å². The maximum Gasteiger partial charge on any atom is 0.406 e. The van der Waals surface area contributed by atoms with Crippen molar-refractivity contribution in [1.29, 1.82) is 0 Å². The second-order valence-electron chi connectivity index (χ2n) is 5.40. The van der Waals surface area contributed by atoms with E-state index >= 15 is 0 Å². The van der Waals surface area contributed by atoms with E-state index in [1.54, 1.807) is 24.3 Å². The molecule has 28 heavy (non-hydrogen) atoms. The van der Waals surface area contributed by atoms with Gasteiger partial charge in [0, 0.05) is 0 Å². The number of para-hydroxylation sites is 2. The molecule has 0 aliphatic heterocycles. The Labute approximate surface area is 158 Å². The smallest absolute Gasteiger partial charge is 0.406 e. The average Bonchev–Trinajstić information content (AvgIpc) is 3.14. The van der Waals surface area contributed by atoms with Crippen molar-refractivity contribution in [3.05, 3.63) is 64.4 Å². The quantitative estimate of drug-likeness (QED) is 0.455. The zero-order valence-corrected chi connectivity index (χ0v) is 14.7. The van der Waals surface area contributed by atoms with Gasteiger partial charge in [0.1, 0.15) is 11.9 Å². The number of pyridine rings is 1. The van der Waals surface area contributed by atoms with Crippen LogP contribution in [-0.4, -0.2) is 33.1 Å². The average molecular weight is 385 g/mol. The van der Waals surface area contributed by atoms with Gasteiger partial charge in [-0.2, -0.15) is 4.98 Å². The van der Waals surface area contributed by atoms with E-state index in [0.717, 1.165) is 0 Å². The van der Waals surface area contributed by atoms with Crippen molar-refractivity contribution in [3.63, 3.8) is 0 Å². The number of hydrogen-bond donors (Lipinski definition) is 1. The van der Waals surface area contributed by atoms with Crippen molar-refractivity contribution in [3.8, 4) is 11.5 Å². The molecule has 2 aromatic heterocycles. The number of nitrogens with one attached hydrogen (secondary N) is 1. The lowest BCUT2D eigenvalue weighted by Gasteiger charge is -2.08. The molecule has 0 saturated carbocycles. The van der Waals surface area contributed by atoms with Gasteiger partial charge in [-0.1, -0.05) is 17.3 Å². The fourth-order valence-electron chi connectivity index (χ4n) is 2.28. The van der Waals surface area contributed by atoms with Crippen LogP contribution in [0, 0.1) is 10.1 Å². The number of rotatable bonds is 8. The first-order valence-corrected chi connectivity index (χ1v) is 8.03. The Bertz CT molecular complexity index is 989. The summed E-state index contributed by atoms with van der Waals surface area (Å²) in [6.07, 6.45) is 1.16. The topological polar surface area (TPSA) is 143 Å². The molecule has 0 fully saturated rings. The van der Waals surface area contributed by atoms with Gasteiger partial charge in [0.2, 0.25) is 11.7 Å². The standard InChI is InChI=1S/C17H15N5O6/c1-26-12-6-3-2-5-11(12)19-15(23)9-14-20-16(28-21-14)10-27-13-7-4-8-18-17(13)22(24)25/h2-8H,9-10H2,1H3,(H,19,23). The van der Waals surface area contributed by atoms with E-state index in [-0.39, 0.29) is 36.4 Å². The van der Waals surface area contributed by atoms with Crippen molar-refractivity contribution < 1.29 is 23.7 Å². The number of benzene rings is 1. The summed E-state index contributed by atoms with van der Waals surface area (Å²) < 4.78 is 15.5. The fourth-order valence-corrected chi connectivity index (χ4v) is 2.28. The number of aromatic nitrogens is 3. The van der Waals surface area contributed by atoms with Crippen LogP contribution in [-0.2, 0) is 17.8 Å². The Balaban J connectivity index is 1.58. The second kappa shape index (κ2) is 8.58. The first-order chi connectivity index (χ1) is 13.6. The molecule has 2 heterocycles. The van der Waals surface area contributed by atoms with Gasteiger partial charge in [0.15, 0.2) is 12.4 Å². The van der Waals surface area contributed by atoms with Crippen LogP contribution in [0.1, 0.15) is 11.7 Å². The summed E-state index contributed by atoms with van der Waals surface area (Å²) in [5.41, 5.74) is 0.519. The summed E-state index contributed by atoms with van der Waals surface area (Å²) in [5.74, 6) is -0.0682. The third-order valence-electron chi connectivity index (χ3n) is 3.48. The summed E-state index contributed by atoms with van der Waals surface area (Å²) in [7, 11) is 1.50. The molecule has 11 heteroatoms. The van der Waals surface area contributed by atoms with Crippen LogP contribution in [0.5, 0.6) is 11.5 Å². The highest BCUT2D eigenvalue weighted by atomic mass is 16.6. The summed E-state index contributed by atoms with van der Waals surface area (Å²) in [4.78, 5) is 30.1. The van der Waals surface area contributed by atoms with Crippen LogP contribution in [0.25, 0.3) is 0 Å². The van der Waals surface area contributed by atoms with Crippen molar-refractivity contribution in [2.75, 3.05) is 12.4 Å². The Morgan fingerprint density at radius 2 is 2.04 bits per heavy atom. The molecular weight excluding hydrogens is 370 g/mol. The molecule has 1 N–H and O–H groups in total. The number of methoxy groups -OCH3 is 1. The van der Waals surface area contributed by atoms with Crippen LogP contribution in [0.15, 0.2) is 47.1 Å². The number of carbonyl (C=O) groups excluding carboxylic acids is 1. The van der Waals surface area contributed by atoms with Gasteiger partial charge < -0.3 is 29.4 Å². The number of nitrogens with zero attached hydrogens (tertiary/aromatic N) is 4. The highest BCUT2D eigenvalue weighted by Gasteiger charge is 2.18. The van der Waals surface area contributed by atoms with E-state index < -0.39 is 10.7 Å². The van der Waals surface area contributed by atoms with Crippen LogP contribution in [0.4, 0.5) is 11.5 Å². The third-order valence-corrected chi connectivity index (χ3v) is 3.48. The zero-order chi connectivity index (χ0) is 19.9. The Morgan fingerprint density at radius 1 is 1.25 bits per heavy atom. The van der Waals surface area contributed by atoms with Crippen molar-refractivity contribution in [1.82, 2.24) is 15.1 Å². The Kier molecular flexibility index (Phi) is 5.75. The number of hydrogen-bond acceptors (Lipinski definition) is 9. The maximum atomic E-state index is 12.2. The summed E-state index contributed by atoms with van der Waals surface area (Å²) in [5, 5.41) is 17.3. The Hall–Kier alpha value is -4.02. The van der Waals surface area contributed by atoms with E-state index in [1.165, 1.54) is 25.4 Å². The van der Waals surface area contributed by atoms with Crippen LogP contribution in [0.2, 0.25) is 0 Å². The van der Waals surface area contributed by atoms with Gasteiger partial charge in [-0.3, -0.25) is 4.79 Å². The lowest BCUT2D eigenvalue weighted by Crippen LogP contribution is -2.15. The van der Waals surface area contributed by atoms with Crippen LogP contribution >= 0.6 is 0 Å². The number of carbonyl (C=O) groups is 1. The number of nitro groups is 1. The largest absolute Gasteiger partial charge is 0.495 e. The molecule has 0 bridgehead atoms. The van der Waals surface area contributed by atoms with Gasteiger partial charge in [0.25, 0.3) is 5.89 Å². The molecule has 0 aliphatic carbocycles. The molecule has 0 aliphatic rings. The highest BCUT2D eigenvalue weighted by Crippen LogP contribution is 2.24. The Morgan fingerprint density at radius 3 is 2.82 bits per heavy atom. The van der Waals surface area contributed by atoms with E-state index in [0.29, 0.717) is 11.4 Å². The van der Waals surface area contributed by atoms with Gasteiger partial charge in [-0.15, -0.1) is 0 Å². The van der Waals surface area contributed by atoms with Gasteiger partial charge in [0.05, 0.1) is 19.2 Å². The molecular formula is C17H15N5O6. The molecule has 144 valence electrons. The summed E-state index contributed by atoms with van der Waals surface area (Å²) in [6, 6.07) is 9.88. The fraction of sp³-hybridized carbons (Fsp3) is 0.176. The normalized spacial score (nSPS) is 10.3. The molecule has 3 rings (SSSR count). The number of ether oxygens (including phenoxy) is 2. The SMILES string of the molecule is COc1ccccc1NC(=O)Cc1noc(COc2cccnc2[N+](=O)[O-])n1. The molecule has 11 nitrogen and oxygen atoms in total. The maximum absolute atomic E-state index is 12.2. The van der Waals surface area contributed by atoms with Crippen LogP contribution < -0.4 is 14.8 Å². The van der Waals surface area contributed by atoms with Crippen molar-refractivity contribution in [2.24, 2.45) is 0 Å². The van der Waals surface area contributed by atoms with Crippen molar-refractivity contribution >= 4 is 17.4 Å². The number of amides is 1. The minimum Gasteiger partial charge on any atom is -0.495 e. The van der Waals surface area contributed by atoms with E-state index in [9.17, 15) is 14.9 Å². The molecule has 0 saturated heterocycles. The summed E-state index contributed by atoms with van der Waals surface area (Å²) in [6.45, 7) is -0.201. The summed E-state index contributed by atoms with van der Waals surface area (Å²) >= 11 is 0. The molecule has 0 spiro atoms. The first kappa shape index (κ1) is 18.8. The molecule has 0 radical (unpaired) electrons. The molecule has 3 aromatic rings. The lowest BCUT2D eigenvalue weighted by atomic mass is 10.2. The highest BCUT2D eigenvalue weighted by molar-refractivity contribution is 5.93. The predicted molar refractivity (Wildman–Crippen MR) is 94.8 cm³/mol. The first-order valence-electron chi connectivity index (χ1n) is 8.03. The van der Waals surface area contributed by atoms with Crippen LogP contribution in [0.3, 0.4) is 0 Å². The monoisotopic (exact) mass is 385 g/mol. The second-order valence-corrected chi connectivity index (χ2v) is 5.40. The van der Waals surface area contributed by atoms with E-state index in [2.05, 4.69) is 20.4 Å². The zero-order valence-electron chi connectivity index (χ0n) is 14.7. The molecule has 0 atom stereocenters. The van der Waals surface area contributed by atoms with E-state index in [1.807, 2.05) is 0 Å². The lowest BCUT2D eigenvalue weighted by molar-refractivity contribution is -0.390. The van der Waals surface area contributed by atoms with E-state index in [4.69, 9.17) is 14.0 Å². The minimum atomic E-state index is -0.656. The van der Waals surface area contributed by atoms with Gasteiger partial charge in [-0.05, 0) is 34.2 Å². The minimum absolute atomic E-state index is 0.0267. The number of anilines is 1. The molecule has 1 amide bonds. The van der Waals surface area contributed by atoms with Gasteiger partial charge in [-0.25, -0.2) is 0 Å². The van der Waals surface area contributed by atoms with Gasteiger partial charge >= 0.3 is 5.82 Å².